The van der Waals surface area contributed by atoms with Crippen molar-refractivity contribution in [2.45, 2.75) is 23.9 Å². The number of hydrogen-bond donors (Lipinski definition) is 6. The number of ether oxygens (including phenoxy) is 1. The van der Waals surface area contributed by atoms with Gasteiger partial charge in [-0.25, -0.2) is 0 Å². The highest BCUT2D eigenvalue weighted by Gasteiger charge is 2.67. The smallest absolute Gasteiger partial charge is 0.200 e. The van der Waals surface area contributed by atoms with Gasteiger partial charge in [0, 0.05) is 0 Å². The second-order valence-electron chi connectivity index (χ2n) is 5.42. The number of nitrogens with one attached hydrogen (secondary N) is 1. The van der Waals surface area contributed by atoms with Crippen LogP contribution in [0.1, 0.15) is 0 Å². The van der Waals surface area contributed by atoms with Gasteiger partial charge in [-0.05, 0) is 12.1 Å². The summed E-state index contributed by atoms with van der Waals surface area (Å²) in [5.74, 6) is -1.94. The van der Waals surface area contributed by atoms with Crippen LogP contribution in [0.4, 0.5) is 5.69 Å². The molecule has 6 N–H and O–H groups in total. The number of para-hydroxylation sites is 2. The average molecular weight is 341 g/mol. The Morgan fingerprint density at radius 2 is 1.79 bits per heavy atom. The van der Waals surface area contributed by atoms with Crippen molar-refractivity contribution in [3.8, 4) is 5.75 Å². The van der Waals surface area contributed by atoms with Crippen LogP contribution in [-0.4, -0.2) is 80.8 Å². The summed E-state index contributed by atoms with van der Waals surface area (Å²) >= 11 is 0. The van der Waals surface area contributed by atoms with Crippen molar-refractivity contribution in [2.75, 3.05) is 25.1 Å². The van der Waals surface area contributed by atoms with Crippen LogP contribution < -0.4 is 5.32 Å². The van der Waals surface area contributed by atoms with Crippen LogP contribution in [0.5, 0.6) is 5.75 Å². The molecular formula is C15H19NO8. The van der Waals surface area contributed by atoms with Gasteiger partial charge >= 0.3 is 0 Å². The number of carbonyl (C=O) groups is 2. The topological polar surface area (TPSA) is 160 Å². The van der Waals surface area contributed by atoms with Crippen LogP contribution in [-0.2, 0) is 14.3 Å². The SMILES string of the molecule is O=C(C(O)CO)C1OC1(CNc1ccccc1O)C(=O)C(O)CO. The number of hydrogen-bond acceptors (Lipinski definition) is 9. The van der Waals surface area contributed by atoms with Crippen LogP contribution in [0.25, 0.3) is 0 Å². The number of phenolic OH excluding ortho intramolecular Hbond substituents is 1. The maximum atomic E-state index is 12.3. The molecule has 9 nitrogen and oxygen atoms in total. The fraction of sp³-hybridized carbons (Fsp3) is 0.467. The van der Waals surface area contributed by atoms with Crippen molar-refractivity contribution in [3.63, 3.8) is 0 Å². The molecule has 9 heteroatoms. The number of benzene rings is 1. The van der Waals surface area contributed by atoms with Crippen molar-refractivity contribution < 1.29 is 39.9 Å². The Hall–Kier alpha value is -2.04. The molecule has 132 valence electrons. The molecule has 1 aliphatic rings. The maximum Gasteiger partial charge on any atom is 0.200 e. The van der Waals surface area contributed by atoms with E-state index in [4.69, 9.17) is 14.9 Å². The van der Waals surface area contributed by atoms with Crippen molar-refractivity contribution in [3.05, 3.63) is 24.3 Å². The Bertz CT molecular complexity index is 621. The van der Waals surface area contributed by atoms with E-state index in [0.29, 0.717) is 0 Å². The molecule has 4 atom stereocenters. The highest BCUT2D eigenvalue weighted by Crippen LogP contribution is 2.40. The van der Waals surface area contributed by atoms with Gasteiger partial charge in [-0.15, -0.1) is 0 Å². The summed E-state index contributed by atoms with van der Waals surface area (Å²) < 4.78 is 5.15. The summed E-state index contributed by atoms with van der Waals surface area (Å²) in [6.45, 7) is -1.97. The molecule has 1 fully saturated rings. The number of aliphatic hydroxyl groups is 4. The standard InChI is InChI=1S/C15H19NO8/c17-5-10(20)12(22)14-15(24-14,13(23)11(21)6-18)7-16-8-3-1-2-4-9(8)19/h1-4,10-11,14,16-21H,5-7H2. The van der Waals surface area contributed by atoms with Crippen LogP contribution >= 0.6 is 0 Å². The number of aromatic hydroxyl groups is 1. The number of aliphatic hydroxyl groups excluding tert-OH is 4. The van der Waals surface area contributed by atoms with E-state index < -0.39 is 48.7 Å². The van der Waals surface area contributed by atoms with E-state index in [-0.39, 0.29) is 18.0 Å². The third-order valence-corrected chi connectivity index (χ3v) is 3.79. The second kappa shape index (κ2) is 7.24. The lowest BCUT2D eigenvalue weighted by molar-refractivity contribution is -0.134. The summed E-state index contributed by atoms with van der Waals surface area (Å²) in [6.07, 6.45) is -4.85. The third-order valence-electron chi connectivity index (χ3n) is 3.79. The molecule has 24 heavy (non-hydrogen) atoms. The van der Waals surface area contributed by atoms with E-state index >= 15 is 0 Å². The quantitative estimate of drug-likeness (QED) is 0.216. The number of rotatable bonds is 9. The van der Waals surface area contributed by atoms with Gasteiger partial charge in [0.2, 0.25) is 0 Å². The van der Waals surface area contributed by atoms with E-state index in [2.05, 4.69) is 5.32 Å². The number of carbonyl (C=O) groups excluding carboxylic acids is 2. The summed E-state index contributed by atoms with van der Waals surface area (Å²) in [7, 11) is 0. The molecule has 1 aliphatic heterocycles. The summed E-state index contributed by atoms with van der Waals surface area (Å²) in [4.78, 5) is 24.2. The normalized spacial score (nSPS) is 24.9. The van der Waals surface area contributed by atoms with Crippen LogP contribution in [0.3, 0.4) is 0 Å². The number of phenols is 1. The molecule has 2 rings (SSSR count). The number of anilines is 1. The number of epoxide rings is 1. The second-order valence-corrected chi connectivity index (χ2v) is 5.42. The van der Waals surface area contributed by atoms with E-state index in [9.17, 15) is 24.9 Å². The van der Waals surface area contributed by atoms with Crippen LogP contribution in [0, 0.1) is 0 Å². The fourth-order valence-electron chi connectivity index (χ4n) is 2.35. The highest BCUT2D eigenvalue weighted by atomic mass is 16.6. The first-order valence-corrected chi connectivity index (χ1v) is 7.23. The molecular weight excluding hydrogens is 322 g/mol. The lowest BCUT2D eigenvalue weighted by atomic mass is 9.92. The zero-order chi connectivity index (χ0) is 17.9. The predicted molar refractivity (Wildman–Crippen MR) is 80.4 cm³/mol. The van der Waals surface area contributed by atoms with Crippen LogP contribution in [0.15, 0.2) is 24.3 Å². The summed E-state index contributed by atoms with van der Waals surface area (Å²) in [5, 5.41) is 49.2. The molecule has 1 aromatic carbocycles. The minimum absolute atomic E-state index is 0.0956. The minimum atomic E-state index is -1.79. The van der Waals surface area contributed by atoms with Gasteiger partial charge in [-0.3, -0.25) is 9.59 Å². The monoisotopic (exact) mass is 341 g/mol. The van der Waals surface area contributed by atoms with Crippen molar-refractivity contribution in [2.24, 2.45) is 0 Å². The Morgan fingerprint density at radius 1 is 1.17 bits per heavy atom. The Balaban J connectivity index is 2.18. The van der Waals surface area contributed by atoms with Crippen molar-refractivity contribution in [1.29, 1.82) is 0 Å². The zero-order valence-corrected chi connectivity index (χ0v) is 12.6. The summed E-state index contributed by atoms with van der Waals surface area (Å²) in [6, 6.07) is 6.16. The van der Waals surface area contributed by atoms with Crippen molar-refractivity contribution >= 4 is 17.3 Å². The van der Waals surface area contributed by atoms with Crippen LogP contribution in [0.2, 0.25) is 0 Å². The molecule has 0 radical (unpaired) electrons. The third kappa shape index (κ3) is 3.40. The van der Waals surface area contributed by atoms with Crippen molar-refractivity contribution in [1.82, 2.24) is 0 Å². The molecule has 1 saturated heterocycles. The van der Waals surface area contributed by atoms with E-state index in [0.717, 1.165) is 0 Å². The lowest BCUT2D eigenvalue weighted by Crippen LogP contribution is -2.46. The molecule has 1 heterocycles. The molecule has 0 aromatic heterocycles. The molecule has 0 spiro atoms. The largest absolute Gasteiger partial charge is 0.506 e. The average Bonchev–Trinajstić information content (AvgIpc) is 3.34. The molecule has 0 saturated carbocycles. The van der Waals surface area contributed by atoms with E-state index in [1.165, 1.54) is 12.1 Å². The zero-order valence-electron chi connectivity index (χ0n) is 12.6. The first-order chi connectivity index (χ1) is 11.4. The van der Waals surface area contributed by atoms with Gasteiger partial charge in [0.05, 0.1) is 25.4 Å². The molecule has 0 bridgehead atoms. The van der Waals surface area contributed by atoms with Gasteiger partial charge in [-0.1, -0.05) is 12.1 Å². The Morgan fingerprint density at radius 3 is 2.38 bits per heavy atom. The first-order valence-electron chi connectivity index (χ1n) is 7.23. The number of ketones is 2. The van der Waals surface area contributed by atoms with Gasteiger partial charge in [0.15, 0.2) is 23.3 Å². The molecule has 0 aliphatic carbocycles. The highest BCUT2D eigenvalue weighted by molar-refractivity contribution is 6.04. The summed E-state index contributed by atoms with van der Waals surface area (Å²) in [5.41, 5.74) is -1.52. The molecule has 0 amide bonds. The molecule has 4 unspecified atom stereocenters. The van der Waals surface area contributed by atoms with Gasteiger partial charge in [-0.2, -0.15) is 0 Å². The Kier molecular flexibility index (Phi) is 5.52. The lowest BCUT2D eigenvalue weighted by Gasteiger charge is -2.17. The van der Waals surface area contributed by atoms with Gasteiger partial charge in [0.1, 0.15) is 18.0 Å². The van der Waals surface area contributed by atoms with Gasteiger partial charge < -0.3 is 35.6 Å². The van der Waals surface area contributed by atoms with Gasteiger partial charge in [0.25, 0.3) is 0 Å². The van der Waals surface area contributed by atoms with E-state index in [1.54, 1.807) is 12.1 Å². The number of Topliss-reactive ketones (excluding diaryl/α,β-unsaturated/α-hetero) is 2. The van der Waals surface area contributed by atoms with E-state index in [1.807, 2.05) is 0 Å². The fourth-order valence-corrected chi connectivity index (χ4v) is 2.35. The Labute approximate surface area is 137 Å². The minimum Gasteiger partial charge on any atom is -0.506 e. The predicted octanol–water partition coefficient (Wildman–Crippen LogP) is -2.21. The maximum absolute atomic E-state index is 12.3. The molecule has 1 aromatic rings. The first kappa shape index (κ1) is 18.3.